The number of benzene rings is 2. The normalized spacial score (nSPS) is 20.4. The molecule has 0 unspecified atom stereocenters. The van der Waals surface area contributed by atoms with Gasteiger partial charge >= 0.3 is 0 Å². The summed E-state index contributed by atoms with van der Waals surface area (Å²) in [4.78, 5) is 28.4. The van der Waals surface area contributed by atoms with Crippen LogP contribution in [0.15, 0.2) is 60.7 Å². The summed E-state index contributed by atoms with van der Waals surface area (Å²) >= 11 is 0. The van der Waals surface area contributed by atoms with E-state index in [9.17, 15) is 18.0 Å². The van der Waals surface area contributed by atoms with E-state index in [-0.39, 0.29) is 24.0 Å². The molecule has 0 radical (unpaired) electrons. The number of carbonyl (C=O) groups is 2. The minimum atomic E-state index is -3.82. The van der Waals surface area contributed by atoms with Crippen molar-refractivity contribution in [2.75, 3.05) is 26.2 Å². The van der Waals surface area contributed by atoms with Crippen molar-refractivity contribution in [3.8, 4) is 0 Å². The van der Waals surface area contributed by atoms with Crippen molar-refractivity contribution in [2.45, 2.75) is 55.5 Å². The molecule has 2 amide bonds. The lowest BCUT2D eigenvalue weighted by Gasteiger charge is -2.35. The Labute approximate surface area is 219 Å². The van der Waals surface area contributed by atoms with E-state index in [1.54, 1.807) is 24.3 Å². The molecule has 9 nitrogen and oxygen atoms in total. The Bertz CT molecular complexity index is 1150. The predicted molar refractivity (Wildman–Crippen MR) is 143 cm³/mol. The van der Waals surface area contributed by atoms with Gasteiger partial charge in [-0.2, -0.15) is 0 Å². The van der Waals surface area contributed by atoms with Crippen LogP contribution in [0.4, 0.5) is 0 Å². The number of hydrogen-bond donors (Lipinski definition) is 4. The van der Waals surface area contributed by atoms with Gasteiger partial charge < -0.3 is 21.3 Å². The molecule has 2 heterocycles. The summed E-state index contributed by atoms with van der Waals surface area (Å²) < 4.78 is 28.8. The Hall–Kier alpha value is -2.79. The Balaban J connectivity index is 1.47. The zero-order valence-electron chi connectivity index (χ0n) is 21.1. The number of rotatable bonds is 10. The number of likely N-dealkylation sites (tertiary alicyclic amines) is 1. The number of hydrogen-bond acceptors (Lipinski definition) is 6. The zero-order chi connectivity index (χ0) is 26.3. The quantitative estimate of drug-likeness (QED) is 0.363. The lowest BCUT2D eigenvalue weighted by Crippen LogP contribution is -2.58. The molecule has 2 saturated heterocycles. The van der Waals surface area contributed by atoms with Gasteiger partial charge in [-0.05, 0) is 56.3 Å². The van der Waals surface area contributed by atoms with Crippen LogP contribution in [0.3, 0.4) is 0 Å². The molecule has 2 aliphatic rings. The van der Waals surface area contributed by atoms with E-state index in [4.69, 9.17) is 5.73 Å². The van der Waals surface area contributed by atoms with Gasteiger partial charge in [0.1, 0.15) is 12.1 Å². The van der Waals surface area contributed by atoms with Crippen molar-refractivity contribution >= 4 is 21.8 Å². The van der Waals surface area contributed by atoms with Crippen molar-refractivity contribution in [1.82, 2.24) is 20.3 Å². The van der Waals surface area contributed by atoms with Crippen molar-refractivity contribution in [3.63, 3.8) is 0 Å². The predicted octanol–water partition coefficient (Wildman–Crippen LogP) is 0.905. The molecule has 37 heavy (non-hydrogen) atoms. The maximum atomic E-state index is 13.7. The van der Waals surface area contributed by atoms with Crippen LogP contribution < -0.4 is 21.1 Å². The van der Waals surface area contributed by atoms with Crippen molar-refractivity contribution in [3.05, 3.63) is 71.8 Å². The molecule has 2 aliphatic heterocycles. The van der Waals surface area contributed by atoms with E-state index < -0.39 is 27.6 Å². The van der Waals surface area contributed by atoms with Gasteiger partial charge in [-0.3, -0.25) is 9.59 Å². The number of piperidine rings is 1. The molecular formula is C27H37N5O4S. The third kappa shape index (κ3) is 7.61. The molecule has 2 fully saturated rings. The summed E-state index contributed by atoms with van der Waals surface area (Å²) in [5.41, 5.74) is 7.46. The minimum Gasteiger partial charge on any atom is -0.352 e. The number of nitrogens with zero attached hydrogens (tertiary/aromatic N) is 1. The Morgan fingerprint density at radius 3 is 2.30 bits per heavy atom. The second kappa shape index (κ2) is 12.2. The van der Waals surface area contributed by atoms with Gasteiger partial charge in [-0.15, -0.1) is 0 Å². The highest BCUT2D eigenvalue weighted by atomic mass is 32.2. The molecule has 0 spiro atoms. The van der Waals surface area contributed by atoms with Crippen LogP contribution in [0.5, 0.6) is 0 Å². The second-order valence-corrected chi connectivity index (χ2v) is 11.9. The lowest BCUT2D eigenvalue weighted by molar-refractivity contribution is -0.139. The first-order valence-electron chi connectivity index (χ1n) is 12.9. The fourth-order valence-electron chi connectivity index (χ4n) is 5.07. The molecule has 0 aliphatic carbocycles. The summed E-state index contributed by atoms with van der Waals surface area (Å²) in [6, 6.07) is 16.5. The molecule has 200 valence electrons. The standard InChI is InChI=1S/C27H37N5O4S/c28-27(13-15-29-16-14-27)20-30-25(33)24-12-7-17-32(24)26(34)23(18-21-8-3-1-4-9-21)31-37(35,36)19-22-10-5-2-6-11-22/h1-6,8-11,23-24,29,31H,7,12-20,28H2,(H,30,33)/t23-,24+/m1/s1. The highest BCUT2D eigenvalue weighted by Crippen LogP contribution is 2.21. The Morgan fingerprint density at radius 2 is 1.65 bits per heavy atom. The van der Waals surface area contributed by atoms with Crippen LogP contribution >= 0.6 is 0 Å². The Kier molecular flexibility index (Phi) is 8.96. The van der Waals surface area contributed by atoms with Crippen LogP contribution in [0.2, 0.25) is 0 Å². The average Bonchev–Trinajstić information content (AvgIpc) is 3.38. The molecule has 4 rings (SSSR count). The summed E-state index contributed by atoms with van der Waals surface area (Å²) in [5, 5.41) is 6.23. The fraction of sp³-hybridized carbons (Fsp3) is 0.481. The van der Waals surface area contributed by atoms with Crippen LogP contribution in [0, 0.1) is 0 Å². The van der Waals surface area contributed by atoms with Gasteiger partial charge in [-0.25, -0.2) is 13.1 Å². The first kappa shape index (κ1) is 27.3. The van der Waals surface area contributed by atoms with Gasteiger partial charge in [0.05, 0.1) is 5.75 Å². The van der Waals surface area contributed by atoms with Gasteiger partial charge in [0.15, 0.2) is 0 Å². The number of amides is 2. The zero-order valence-corrected chi connectivity index (χ0v) is 21.9. The maximum absolute atomic E-state index is 13.7. The van der Waals surface area contributed by atoms with Crippen LogP contribution in [0.25, 0.3) is 0 Å². The number of sulfonamides is 1. The van der Waals surface area contributed by atoms with Gasteiger partial charge in [0.2, 0.25) is 21.8 Å². The minimum absolute atomic E-state index is 0.192. The number of nitrogens with two attached hydrogens (primary N) is 1. The lowest BCUT2D eigenvalue weighted by atomic mass is 9.89. The van der Waals surface area contributed by atoms with E-state index in [0.29, 0.717) is 31.5 Å². The summed E-state index contributed by atoms with van der Waals surface area (Å²) in [7, 11) is -3.82. The SMILES string of the molecule is NC1(CNC(=O)[C@@H]2CCCN2C(=O)[C@@H](Cc2ccccc2)NS(=O)(=O)Cc2ccccc2)CCNCC1. The monoisotopic (exact) mass is 527 g/mol. The molecule has 10 heteroatoms. The molecular weight excluding hydrogens is 490 g/mol. The van der Waals surface area contributed by atoms with E-state index in [0.717, 1.165) is 31.5 Å². The van der Waals surface area contributed by atoms with Gasteiger partial charge in [0.25, 0.3) is 0 Å². The average molecular weight is 528 g/mol. The largest absolute Gasteiger partial charge is 0.352 e. The third-order valence-corrected chi connectivity index (χ3v) is 8.51. The smallest absolute Gasteiger partial charge is 0.242 e. The summed E-state index contributed by atoms with van der Waals surface area (Å²) in [6.45, 7) is 2.37. The Morgan fingerprint density at radius 1 is 1.03 bits per heavy atom. The molecule has 0 saturated carbocycles. The summed E-state index contributed by atoms with van der Waals surface area (Å²) in [5.74, 6) is -0.855. The highest BCUT2D eigenvalue weighted by Gasteiger charge is 2.39. The van der Waals surface area contributed by atoms with Crippen molar-refractivity contribution < 1.29 is 18.0 Å². The van der Waals surface area contributed by atoms with Crippen molar-refractivity contribution in [2.24, 2.45) is 5.73 Å². The van der Waals surface area contributed by atoms with E-state index in [2.05, 4.69) is 15.4 Å². The van der Waals surface area contributed by atoms with Crippen molar-refractivity contribution in [1.29, 1.82) is 0 Å². The first-order valence-corrected chi connectivity index (χ1v) is 14.6. The molecule has 0 aromatic heterocycles. The molecule has 2 aromatic carbocycles. The van der Waals surface area contributed by atoms with E-state index in [1.807, 2.05) is 36.4 Å². The van der Waals surface area contributed by atoms with E-state index >= 15 is 0 Å². The van der Waals surface area contributed by atoms with E-state index in [1.165, 1.54) is 4.90 Å². The van der Waals surface area contributed by atoms with Gasteiger partial charge in [-0.1, -0.05) is 60.7 Å². The van der Waals surface area contributed by atoms with Crippen LogP contribution in [0.1, 0.15) is 36.8 Å². The maximum Gasteiger partial charge on any atom is 0.242 e. The van der Waals surface area contributed by atoms with Gasteiger partial charge in [0, 0.05) is 18.6 Å². The third-order valence-electron chi connectivity index (χ3n) is 7.15. The highest BCUT2D eigenvalue weighted by molar-refractivity contribution is 7.88. The molecule has 5 N–H and O–H groups in total. The van der Waals surface area contributed by atoms with Crippen LogP contribution in [-0.2, 0) is 31.8 Å². The fourth-order valence-corrected chi connectivity index (χ4v) is 6.40. The first-order chi connectivity index (χ1) is 17.7. The van der Waals surface area contributed by atoms with Crippen LogP contribution in [-0.4, -0.2) is 68.9 Å². The molecule has 0 bridgehead atoms. The number of carbonyl (C=O) groups excluding carboxylic acids is 2. The number of nitrogens with one attached hydrogen (secondary N) is 3. The second-order valence-electron chi connectivity index (χ2n) is 10.1. The summed E-state index contributed by atoms with van der Waals surface area (Å²) in [6.07, 6.45) is 2.94. The topological polar surface area (TPSA) is 134 Å². The molecule has 2 aromatic rings. The molecule has 2 atom stereocenters.